The standard InChI is InChI=1S/C7H3BrO2SSe/c8-6-2-4-3(11-6)1-5(12-4)7(9)10/h1-2H,(H,9,10). The molecule has 0 aliphatic carbocycles. The molecule has 0 aliphatic heterocycles. The van der Waals surface area contributed by atoms with Crippen LogP contribution in [-0.4, -0.2) is 25.6 Å². The Kier molecular flexibility index (Phi) is 2.12. The average molecular weight is 310 g/mol. The van der Waals surface area contributed by atoms with Gasteiger partial charge in [0.05, 0.1) is 0 Å². The molecule has 0 saturated carbocycles. The van der Waals surface area contributed by atoms with Gasteiger partial charge in [0.1, 0.15) is 0 Å². The van der Waals surface area contributed by atoms with Crippen molar-refractivity contribution in [1.82, 2.24) is 0 Å². The van der Waals surface area contributed by atoms with Gasteiger partial charge in [-0.3, -0.25) is 0 Å². The molecular formula is C7H3BrO2SSe. The van der Waals surface area contributed by atoms with Crippen molar-refractivity contribution in [1.29, 1.82) is 0 Å². The van der Waals surface area contributed by atoms with E-state index < -0.39 is 5.97 Å². The van der Waals surface area contributed by atoms with Crippen LogP contribution in [0.1, 0.15) is 9.23 Å². The molecule has 0 unspecified atom stereocenters. The van der Waals surface area contributed by atoms with Crippen LogP contribution in [0.4, 0.5) is 0 Å². The zero-order valence-corrected chi connectivity index (χ0v) is 9.82. The molecule has 5 heteroatoms. The van der Waals surface area contributed by atoms with Crippen LogP contribution in [0.15, 0.2) is 15.9 Å². The number of aromatic carboxylic acids is 1. The van der Waals surface area contributed by atoms with E-state index >= 15 is 0 Å². The van der Waals surface area contributed by atoms with Gasteiger partial charge in [-0.25, -0.2) is 0 Å². The van der Waals surface area contributed by atoms with Gasteiger partial charge in [-0.15, -0.1) is 0 Å². The van der Waals surface area contributed by atoms with E-state index in [-0.39, 0.29) is 14.5 Å². The molecule has 62 valence electrons. The van der Waals surface area contributed by atoms with E-state index in [1.54, 1.807) is 17.4 Å². The molecule has 2 heterocycles. The number of halogens is 1. The zero-order valence-electron chi connectivity index (χ0n) is 5.70. The normalized spacial score (nSPS) is 10.8. The Morgan fingerprint density at radius 2 is 2.33 bits per heavy atom. The Hall–Kier alpha value is -0.0905. The molecule has 0 amide bonds. The minimum absolute atomic E-state index is 0.00366. The molecule has 0 atom stereocenters. The van der Waals surface area contributed by atoms with Crippen molar-refractivity contribution in [3.8, 4) is 0 Å². The number of carboxylic acid groups (broad SMARTS) is 1. The Morgan fingerprint density at radius 3 is 2.92 bits per heavy atom. The molecule has 0 radical (unpaired) electrons. The number of fused-ring (bicyclic) bond motifs is 1. The summed E-state index contributed by atoms with van der Waals surface area (Å²) in [4.78, 5) is 10.6. The van der Waals surface area contributed by atoms with Gasteiger partial charge in [-0.2, -0.15) is 0 Å². The molecule has 0 aromatic carbocycles. The molecule has 1 N–H and O–H groups in total. The Labute approximate surface area is 86.7 Å². The summed E-state index contributed by atoms with van der Waals surface area (Å²) < 4.78 is 3.90. The first-order valence-electron chi connectivity index (χ1n) is 3.09. The molecule has 0 aliphatic rings. The van der Waals surface area contributed by atoms with Gasteiger partial charge in [0.2, 0.25) is 0 Å². The van der Waals surface area contributed by atoms with Gasteiger partial charge in [0, 0.05) is 0 Å². The summed E-state index contributed by atoms with van der Waals surface area (Å²) in [6.45, 7) is 0. The first-order chi connectivity index (χ1) is 5.66. The average Bonchev–Trinajstić information content (AvgIpc) is 2.42. The molecule has 2 aromatic heterocycles. The Bertz CT molecular complexity index is 414. The quantitative estimate of drug-likeness (QED) is 0.822. The summed E-state index contributed by atoms with van der Waals surface area (Å²) in [5.74, 6) is -0.783. The van der Waals surface area contributed by atoms with Crippen LogP contribution in [0.3, 0.4) is 0 Å². The topological polar surface area (TPSA) is 37.3 Å². The summed E-state index contributed by atoms with van der Waals surface area (Å²) in [6, 6.07) is 3.78. The van der Waals surface area contributed by atoms with Crippen molar-refractivity contribution >= 4 is 56.7 Å². The fraction of sp³-hybridized carbons (Fsp3) is 0. The molecule has 0 spiro atoms. The molecule has 2 rings (SSSR count). The fourth-order valence-corrected chi connectivity index (χ4v) is 5.30. The van der Waals surface area contributed by atoms with Crippen molar-refractivity contribution in [2.24, 2.45) is 0 Å². The van der Waals surface area contributed by atoms with E-state index in [4.69, 9.17) is 5.11 Å². The monoisotopic (exact) mass is 310 g/mol. The van der Waals surface area contributed by atoms with Crippen LogP contribution in [0.2, 0.25) is 0 Å². The van der Waals surface area contributed by atoms with Crippen LogP contribution < -0.4 is 0 Å². The van der Waals surface area contributed by atoms with Crippen LogP contribution in [0.25, 0.3) is 8.96 Å². The first-order valence-corrected chi connectivity index (χ1v) is 6.41. The number of carboxylic acids is 1. The number of hydrogen-bond donors (Lipinski definition) is 1. The van der Waals surface area contributed by atoms with Gasteiger partial charge in [0.25, 0.3) is 0 Å². The molecule has 2 aromatic rings. The van der Waals surface area contributed by atoms with Crippen molar-refractivity contribution in [2.75, 3.05) is 0 Å². The van der Waals surface area contributed by atoms with Gasteiger partial charge in [-0.05, 0) is 0 Å². The minimum atomic E-state index is -0.783. The molecule has 2 nitrogen and oxygen atoms in total. The van der Waals surface area contributed by atoms with Crippen molar-refractivity contribution in [3.63, 3.8) is 0 Å². The van der Waals surface area contributed by atoms with Crippen molar-refractivity contribution in [2.45, 2.75) is 0 Å². The van der Waals surface area contributed by atoms with Crippen LogP contribution >= 0.6 is 27.3 Å². The molecule has 0 saturated heterocycles. The Morgan fingerprint density at radius 1 is 1.58 bits per heavy atom. The summed E-state index contributed by atoms with van der Waals surface area (Å²) in [5.41, 5.74) is 0. The summed E-state index contributed by atoms with van der Waals surface area (Å²) in [6.07, 6.45) is 0. The molecular weight excluding hydrogens is 307 g/mol. The third kappa shape index (κ3) is 1.38. The van der Waals surface area contributed by atoms with E-state index in [2.05, 4.69) is 15.9 Å². The second-order valence-corrected chi connectivity index (χ2v) is 6.93. The van der Waals surface area contributed by atoms with Crippen molar-refractivity contribution < 1.29 is 9.90 Å². The maximum atomic E-state index is 10.6. The number of rotatable bonds is 1. The van der Waals surface area contributed by atoms with Crippen molar-refractivity contribution in [3.05, 3.63) is 20.4 Å². The predicted molar refractivity (Wildman–Crippen MR) is 53.4 cm³/mol. The maximum absolute atomic E-state index is 10.6. The zero-order chi connectivity index (χ0) is 8.72. The van der Waals surface area contributed by atoms with Crippen LogP contribution in [0.5, 0.6) is 0 Å². The predicted octanol–water partition coefficient (Wildman–Crippen LogP) is 2.42. The van der Waals surface area contributed by atoms with E-state index in [1.165, 1.54) is 4.26 Å². The summed E-state index contributed by atoms with van der Waals surface area (Å²) >= 11 is 4.96. The molecule has 12 heavy (non-hydrogen) atoms. The van der Waals surface area contributed by atoms with Crippen LogP contribution in [0, 0.1) is 0 Å². The van der Waals surface area contributed by atoms with E-state index in [1.807, 2.05) is 6.07 Å². The summed E-state index contributed by atoms with van der Waals surface area (Å²) in [7, 11) is 0. The fourth-order valence-electron chi connectivity index (χ4n) is 0.912. The SMILES string of the molecule is O=C(O)c1cc2sc(Br)cc2[se]1. The number of thiophene rings is 1. The summed E-state index contributed by atoms with van der Waals surface area (Å²) in [5, 5.41) is 8.71. The van der Waals surface area contributed by atoms with Gasteiger partial charge in [-0.1, -0.05) is 0 Å². The third-order valence-corrected chi connectivity index (χ3v) is 5.51. The molecule has 0 fully saturated rings. The van der Waals surface area contributed by atoms with E-state index in [9.17, 15) is 4.79 Å². The van der Waals surface area contributed by atoms with Gasteiger partial charge in [0.15, 0.2) is 0 Å². The first kappa shape index (κ1) is 8.51. The number of carbonyl (C=O) groups is 1. The van der Waals surface area contributed by atoms with E-state index in [0.717, 1.165) is 8.49 Å². The second-order valence-electron chi connectivity index (χ2n) is 2.19. The van der Waals surface area contributed by atoms with Gasteiger partial charge < -0.3 is 0 Å². The Balaban J connectivity index is 2.64. The van der Waals surface area contributed by atoms with E-state index in [0.29, 0.717) is 4.44 Å². The van der Waals surface area contributed by atoms with Gasteiger partial charge >= 0.3 is 87.0 Å². The third-order valence-electron chi connectivity index (χ3n) is 1.39. The second kappa shape index (κ2) is 3.00. The molecule has 0 bridgehead atoms. The number of hydrogen-bond acceptors (Lipinski definition) is 2. The van der Waals surface area contributed by atoms with Crippen LogP contribution in [-0.2, 0) is 0 Å².